The number of aryl methyl sites for hydroxylation is 2. The second kappa shape index (κ2) is 9.35. The van der Waals surface area contributed by atoms with Gasteiger partial charge in [-0.3, -0.25) is 4.79 Å². The van der Waals surface area contributed by atoms with Gasteiger partial charge in [-0.2, -0.15) is 5.10 Å². The highest BCUT2D eigenvalue weighted by atomic mass is 32.2. The maximum absolute atomic E-state index is 12.7. The molecule has 0 aliphatic carbocycles. The van der Waals surface area contributed by atoms with Crippen LogP contribution in [-0.2, 0) is 16.6 Å². The molecule has 33 heavy (non-hydrogen) atoms. The van der Waals surface area contributed by atoms with Gasteiger partial charge in [0.15, 0.2) is 5.82 Å². The average Bonchev–Trinajstić information content (AvgIpc) is 3.17. The molecule has 2 aromatic carbocycles. The zero-order chi connectivity index (χ0) is 23.4. The molecule has 2 N–H and O–H groups in total. The molecule has 0 aliphatic heterocycles. The van der Waals surface area contributed by atoms with E-state index in [0.717, 1.165) is 17.0 Å². The summed E-state index contributed by atoms with van der Waals surface area (Å²) < 4.78 is 29.6. The number of sulfonamides is 1. The minimum atomic E-state index is -3.78. The normalized spacial score (nSPS) is 11.3. The maximum atomic E-state index is 12.7. The lowest BCUT2D eigenvalue weighted by atomic mass is 10.2. The van der Waals surface area contributed by atoms with Crippen molar-refractivity contribution in [1.29, 1.82) is 0 Å². The van der Waals surface area contributed by atoms with Crippen molar-refractivity contribution in [3.8, 4) is 5.82 Å². The fourth-order valence-electron chi connectivity index (χ4n) is 3.31. The number of amides is 1. The van der Waals surface area contributed by atoms with E-state index in [0.29, 0.717) is 11.5 Å². The van der Waals surface area contributed by atoms with Crippen LogP contribution >= 0.6 is 0 Å². The third-order valence-electron chi connectivity index (χ3n) is 4.95. The van der Waals surface area contributed by atoms with E-state index in [1.807, 2.05) is 50.2 Å². The fourth-order valence-corrected chi connectivity index (χ4v) is 4.37. The Bertz CT molecular complexity index is 1380. The third-order valence-corrected chi connectivity index (χ3v) is 6.35. The second-order valence-electron chi connectivity index (χ2n) is 7.54. The SMILES string of the molecule is Cc1cc(C)n(-c2ccc(NC(=O)c3cccc(S(=O)(=O)NCc4ccccc4)c3)cn2)n1. The summed E-state index contributed by atoms with van der Waals surface area (Å²) in [5.74, 6) is 0.201. The molecule has 4 rings (SSSR count). The van der Waals surface area contributed by atoms with Crippen molar-refractivity contribution >= 4 is 21.6 Å². The van der Waals surface area contributed by atoms with Gasteiger partial charge in [0.2, 0.25) is 10.0 Å². The number of carbonyl (C=O) groups excluding carboxylic acids is 1. The first-order chi connectivity index (χ1) is 15.8. The van der Waals surface area contributed by atoms with Crippen LogP contribution < -0.4 is 10.0 Å². The molecule has 1 amide bonds. The van der Waals surface area contributed by atoms with Gasteiger partial charge in [-0.05, 0) is 55.8 Å². The van der Waals surface area contributed by atoms with Gasteiger partial charge in [0, 0.05) is 17.8 Å². The van der Waals surface area contributed by atoms with Gasteiger partial charge < -0.3 is 5.32 Å². The van der Waals surface area contributed by atoms with Gasteiger partial charge in [-0.25, -0.2) is 22.8 Å². The van der Waals surface area contributed by atoms with Crippen LogP contribution in [0.5, 0.6) is 0 Å². The summed E-state index contributed by atoms with van der Waals surface area (Å²) in [7, 11) is -3.78. The lowest BCUT2D eigenvalue weighted by Gasteiger charge is -2.10. The van der Waals surface area contributed by atoms with E-state index in [-0.39, 0.29) is 17.0 Å². The number of aromatic nitrogens is 3. The Morgan fingerprint density at radius 1 is 0.970 bits per heavy atom. The topological polar surface area (TPSA) is 106 Å². The highest BCUT2D eigenvalue weighted by Gasteiger charge is 2.16. The summed E-state index contributed by atoms with van der Waals surface area (Å²) in [6.07, 6.45) is 1.53. The predicted molar refractivity (Wildman–Crippen MR) is 126 cm³/mol. The first kappa shape index (κ1) is 22.4. The minimum Gasteiger partial charge on any atom is -0.321 e. The Morgan fingerprint density at radius 3 is 2.42 bits per heavy atom. The van der Waals surface area contributed by atoms with Gasteiger partial charge in [-0.1, -0.05) is 36.4 Å². The molecule has 0 fully saturated rings. The Kier molecular flexibility index (Phi) is 6.34. The fraction of sp³-hybridized carbons (Fsp3) is 0.125. The molecular weight excluding hydrogens is 438 g/mol. The Morgan fingerprint density at radius 2 is 1.76 bits per heavy atom. The van der Waals surface area contributed by atoms with Gasteiger partial charge in [0.25, 0.3) is 5.91 Å². The number of carbonyl (C=O) groups is 1. The number of hydrogen-bond acceptors (Lipinski definition) is 5. The molecular formula is C24H23N5O3S. The Hall–Kier alpha value is -3.82. The molecule has 0 radical (unpaired) electrons. The Balaban J connectivity index is 1.45. The van der Waals surface area contributed by atoms with Crippen LogP contribution in [0.3, 0.4) is 0 Å². The van der Waals surface area contributed by atoms with E-state index in [1.54, 1.807) is 22.9 Å². The maximum Gasteiger partial charge on any atom is 0.255 e. The Labute approximate surface area is 192 Å². The quantitative estimate of drug-likeness (QED) is 0.437. The lowest BCUT2D eigenvalue weighted by molar-refractivity contribution is 0.102. The molecule has 2 aromatic heterocycles. The number of rotatable bonds is 7. The molecule has 0 spiro atoms. The molecule has 2 heterocycles. The van der Waals surface area contributed by atoms with E-state index in [9.17, 15) is 13.2 Å². The molecule has 4 aromatic rings. The smallest absolute Gasteiger partial charge is 0.255 e. The highest BCUT2D eigenvalue weighted by Crippen LogP contribution is 2.16. The standard InChI is InChI=1S/C24H23N5O3S/c1-17-13-18(2)29(28-17)23-12-11-21(16-25-23)27-24(30)20-9-6-10-22(14-20)33(31,32)26-15-19-7-4-3-5-8-19/h3-14,16,26H,15H2,1-2H3,(H,27,30). The molecule has 0 atom stereocenters. The molecule has 9 heteroatoms. The van der Waals surface area contributed by atoms with Crippen LogP contribution in [0.25, 0.3) is 5.82 Å². The van der Waals surface area contributed by atoms with Crippen molar-refractivity contribution in [2.45, 2.75) is 25.3 Å². The van der Waals surface area contributed by atoms with Crippen molar-refractivity contribution in [3.63, 3.8) is 0 Å². The first-order valence-corrected chi connectivity index (χ1v) is 11.7. The van der Waals surface area contributed by atoms with Crippen LogP contribution in [0.2, 0.25) is 0 Å². The highest BCUT2D eigenvalue weighted by molar-refractivity contribution is 7.89. The van der Waals surface area contributed by atoms with Gasteiger partial charge in [0.1, 0.15) is 0 Å². The van der Waals surface area contributed by atoms with Gasteiger partial charge in [-0.15, -0.1) is 0 Å². The monoisotopic (exact) mass is 461 g/mol. The van der Waals surface area contributed by atoms with Crippen LogP contribution in [0.1, 0.15) is 27.3 Å². The summed E-state index contributed by atoms with van der Waals surface area (Å²) in [5, 5.41) is 7.14. The summed E-state index contributed by atoms with van der Waals surface area (Å²) in [6, 6.07) is 20.5. The molecule has 0 unspecified atom stereocenters. The van der Waals surface area contributed by atoms with E-state index >= 15 is 0 Å². The minimum absolute atomic E-state index is 0.0177. The van der Waals surface area contributed by atoms with E-state index in [2.05, 4.69) is 20.1 Å². The summed E-state index contributed by atoms with van der Waals surface area (Å²) >= 11 is 0. The van der Waals surface area contributed by atoms with E-state index < -0.39 is 15.9 Å². The number of anilines is 1. The van der Waals surface area contributed by atoms with E-state index in [1.165, 1.54) is 24.4 Å². The van der Waals surface area contributed by atoms with Crippen molar-refractivity contribution < 1.29 is 13.2 Å². The summed E-state index contributed by atoms with van der Waals surface area (Å²) in [6.45, 7) is 4.00. The van der Waals surface area contributed by atoms with Crippen LogP contribution in [0, 0.1) is 13.8 Å². The van der Waals surface area contributed by atoms with Crippen molar-refractivity contribution in [2.75, 3.05) is 5.32 Å². The summed E-state index contributed by atoms with van der Waals surface area (Å²) in [5.41, 5.74) is 3.39. The van der Waals surface area contributed by atoms with Crippen LogP contribution in [-0.4, -0.2) is 29.1 Å². The number of benzene rings is 2. The number of pyridine rings is 1. The average molecular weight is 462 g/mol. The molecule has 168 valence electrons. The van der Waals surface area contributed by atoms with Crippen molar-refractivity contribution in [1.82, 2.24) is 19.5 Å². The number of nitrogens with zero attached hydrogens (tertiary/aromatic N) is 3. The largest absolute Gasteiger partial charge is 0.321 e. The zero-order valence-corrected chi connectivity index (χ0v) is 19.0. The van der Waals surface area contributed by atoms with Crippen molar-refractivity contribution in [3.05, 3.63) is 102 Å². The summed E-state index contributed by atoms with van der Waals surface area (Å²) in [4.78, 5) is 17.1. The molecule has 0 bridgehead atoms. The first-order valence-electron chi connectivity index (χ1n) is 10.3. The second-order valence-corrected chi connectivity index (χ2v) is 9.30. The lowest BCUT2D eigenvalue weighted by Crippen LogP contribution is -2.23. The number of hydrogen-bond donors (Lipinski definition) is 2. The van der Waals surface area contributed by atoms with Crippen molar-refractivity contribution in [2.24, 2.45) is 0 Å². The molecule has 0 saturated carbocycles. The van der Waals surface area contributed by atoms with Gasteiger partial charge in [0.05, 0.1) is 22.5 Å². The predicted octanol–water partition coefficient (Wildman–Crippen LogP) is 3.61. The van der Waals surface area contributed by atoms with Crippen LogP contribution in [0.4, 0.5) is 5.69 Å². The van der Waals surface area contributed by atoms with Gasteiger partial charge >= 0.3 is 0 Å². The zero-order valence-electron chi connectivity index (χ0n) is 18.2. The molecule has 8 nitrogen and oxygen atoms in total. The molecule has 0 aliphatic rings. The van der Waals surface area contributed by atoms with E-state index in [4.69, 9.17) is 0 Å². The number of nitrogens with one attached hydrogen (secondary N) is 2. The third kappa shape index (κ3) is 5.33. The molecule has 0 saturated heterocycles. The van der Waals surface area contributed by atoms with Crippen LogP contribution in [0.15, 0.2) is 83.9 Å².